The molecule has 3 amide bonds. The van der Waals surface area contributed by atoms with Crippen molar-refractivity contribution in [3.8, 4) is 0 Å². The van der Waals surface area contributed by atoms with Crippen molar-refractivity contribution in [2.75, 3.05) is 18.6 Å². The van der Waals surface area contributed by atoms with E-state index in [4.69, 9.17) is 10.8 Å². The quantitative estimate of drug-likeness (QED) is 0.186. The first-order chi connectivity index (χ1) is 16.1. The molecule has 0 aromatic carbocycles. The lowest BCUT2D eigenvalue weighted by Crippen LogP contribution is -2.57. The van der Waals surface area contributed by atoms with E-state index >= 15 is 0 Å². The Morgan fingerprint density at radius 3 is 2.59 bits per heavy atom. The van der Waals surface area contributed by atoms with Gasteiger partial charge in [-0.25, -0.2) is 9.78 Å². The minimum absolute atomic E-state index is 0.0146. The van der Waals surface area contributed by atoms with Crippen molar-refractivity contribution in [3.63, 3.8) is 0 Å². The smallest absolute Gasteiger partial charge is 0.326 e. The molecule has 0 bridgehead atoms. The number of thioether (sulfide) groups is 1. The van der Waals surface area contributed by atoms with Crippen molar-refractivity contribution in [2.24, 2.45) is 5.73 Å². The maximum atomic E-state index is 13.4. The zero-order chi connectivity index (χ0) is 25.3. The van der Waals surface area contributed by atoms with Gasteiger partial charge in [0, 0.05) is 24.9 Å². The topological polar surface area (TPSA) is 208 Å². The first-order valence-corrected chi connectivity index (χ1v) is 12.1. The summed E-state index contributed by atoms with van der Waals surface area (Å²) in [5, 5.41) is 23.3. The fourth-order valence-electron chi connectivity index (χ4n) is 3.64. The highest BCUT2D eigenvalue weighted by atomic mass is 32.2. The summed E-state index contributed by atoms with van der Waals surface area (Å²) in [6.45, 7) is 0.246. The van der Waals surface area contributed by atoms with Crippen LogP contribution in [0, 0.1) is 0 Å². The Labute approximate surface area is 200 Å². The molecule has 13 nitrogen and oxygen atoms in total. The number of hydrogen-bond acceptors (Lipinski definition) is 8. The third kappa shape index (κ3) is 7.73. The third-order valence-corrected chi connectivity index (χ3v) is 6.03. The van der Waals surface area contributed by atoms with Crippen LogP contribution in [0.4, 0.5) is 0 Å². The van der Waals surface area contributed by atoms with E-state index in [-0.39, 0.29) is 19.4 Å². The van der Waals surface area contributed by atoms with Crippen LogP contribution in [0.3, 0.4) is 0 Å². The molecule has 0 radical (unpaired) electrons. The molecule has 0 saturated carbocycles. The first kappa shape index (κ1) is 27.1. The summed E-state index contributed by atoms with van der Waals surface area (Å²) in [5.74, 6) is -3.82. The molecule has 1 fully saturated rings. The molecule has 0 aliphatic carbocycles. The van der Waals surface area contributed by atoms with E-state index in [0.29, 0.717) is 24.3 Å². The van der Waals surface area contributed by atoms with Crippen LogP contribution >= 0.6 is 11.8 Å². The Balaban J connectivity index is 2.16. The summed E-state index contributed by atoms with van der Waals surface area (Å²) < 4.78 is 0. The van der Waals surface area contributed by atoms with Crippen LogP contribution in [-0.2, 0) is 30.4 Å². The van der Waals surface area contributed by atoms with Crippen molar-refractivity contribution in [2.45, 2.75) is 56.3 Å². The fraction of sp³-hybridized carbons (Fsp3) is 0.600. The number of imidazole rings is 1. The predicted octanol–water partition coefficient (Wildman–Crippen LogP) is -1.45. The second kappa shape index (κ2) is 12.9. The zero-order valence-electron chi connectivity index (χ0n) is 18.7. The van der Waals surface area contributed by atoms with Crippen molar-refractivity contribution in [1.82, 2.24) is 25.5 Å². The molecular weight excluding hydrogens is 468 g/mol. The third-order valence-electron chi connectivity index (χ3n) is 5.39. The molecule has 1 saturated heterocycles. The lowest BCUT2D eigenvalue weighted by molar-refractivity contribution is -0.145. The number of H-pyrrole nitrogens is 1. The number of hydrogen-bond donors (Lipinski definition) is 6. The summed E-state index contributed by atoms with van der Waals surface area (Å²) in [6, 6.07) is -4.46. The molecule has 4 unspecified atom stereocenters. The highest BCUT2D eigenvalue weighted by Gasteiger charge is 2.39. The lowest BCUT2D eigenvalue weighted by atomic mass is 10.1. The van der Waals surface area contributed by atoms with Gasteiger partial charge in [0.15, 0.2) is 0 Å². The standard InChI is InChI=1S/C20H30N6O7S/c1-34-6-4-13(20(32)33)24-18(30)15-3-2-5-26(15)19(31)14(7-11-9-22-10-23-11)25-17(29)12(21)8-16(27)28/h9-10,12-15H,2-8,21H2,1H3,(H,22,23)(H,24,30)(H,25,29)(H,27,28)(H,32,33). The number of nitrogens with two attached hydrogens (primary N) is 1. The minimum atomic E-state index is -1.36. The Hall–Kier alpha value is -3.13. The number of carbonyl (C=O) groups is 5. The summed E-state index contributed by atoms with van der Waals surface area (Å²) in [4.78, 5) is 69.1. The molecule has 1 aromatic heterocycles. The number of rotatable bonds is 13. The Kier molecular flexibility index (Phi) is 10.3. The first-order valence-electron chi connectivity index (χ1n) is 10.7. The van der Waals surface area contributed by atoms with E-state index in [1.807, 2.05) is 6.26 Å². The van der Waals surface area contributed by atoms with E-state index in [1.54, 1.807) is 0 Å². The molecule has 34 heavy (non-hydrogen) atoms. The predicted molar refractivity (Wildman–Crippen MR) is 122 cm³/mol. The van der Waals surface area contributed by atoms with E-state index in [1.165, 1.54) is 29.2 Å². The average molecular weight is 499 g/mol. The van der Waals surface area contributed by atoms with Gasteiger partial charge in [-0.2, -0.15) is 11.8 Å². The zero-order valence-corrected chi connectivity index (χ0v) is 19.5. The number of aromatic nitrogens is 2. The van der Waals surface area contributed by atoms with Gasteiger partial charge < -0.3 is 36.5 Å². The van der Waals surface area contributed by atoms with Gasteiger partial charge in [-0.05, 0) is 31.3 Å². The van der Waals surface area contributed by atoms with Crippen molar-refractivity contribution < 1.29 is 34.2 Å². The number of carboxylic acids is 2. The van der Waals surface area contributed by atoms with Gasteiger partial charge >= 0.3 is 11.9 Å². The van der Waals surface area contributed by atoms with Crippen LogP contribution in [0.5, 0.6) is 0 Å². The highest BCUT2D eigenvalue weighted by Crippen LogP contribution is 2.20. The lowest BCUT2D eigenvalue weighted by Gasteiger charge is -2.29. The van der Waals surface area contributed by atoms with Crippen LogP contribution in [0.25, 0.3) is 0 Å². The minimum Gasteiger partial charge on any atom is -0.481 e. The fourth-order valence-corrected chi connectivity index (χ4v) is 4.11. The van der Waals surface area contributed by atoms with Gasteiger partial charge in [-0.15, -0.1) is 0 Å². The number of nitrogens with zero attached hydrogens (tertiary/aromatic N) is 2. The number of carbonyl (C=O) groups excluding carboxylic acids is 3. The van der Waals surface area contributed by atoms with Gasteiger partial charge in [0.05, 0.1) is 18.8 Å². The van der Waals surface area contributed by atoms with Crippen LogP contribution in [0.15, 0.2) is 12.5 Å². The Morgan fingerprint density at radius 1 is 1.26 bits per heavy atom. The summed E-state index contributed by atoms with van der Waals surface area (Å²) in [7, 11) is 0. The van der Waals surface area contributed by atoms with E-state index in [2.05, 4.69) is 20.6 Å². The monoisotopic (exact) mass is 498 g/mol. The van der Waals surface area contributed by atoms with E-state index in [9.17, 15) is 29.1 Å². The Bertz CT molecular complexity index is 881. The number of nitrogens with one attached hydrogen (secondary N) is 3. The van der Waals surface area contributed by atoms with E-state index < -0.39 is 60.2 Å². The van der Waals surface area contributed by atoms with Gasteiger partial charge in [-0.3, -0.25) is 19.2 Å². The van der Waals surface area contributed by atoms with E-state index in [0.717, 1.165) is 0 Å². The molecule has 14 heteroatoms. The number of likely N-dealkylation sites (tertiary alicyclic amines) is 1. The largest absolute Gasteiger partial charge is 0.481 e. The average Bonchev–Trinajstić information content (AvgIpc) is 3.46. The summed E-state index contributed by atoms with van der Waals surface area (Å²) >= 11 is 1.45. The number of aromatic amines is 1. The second-order valence-electron chi connectivity index (χ2n) is 7.92. The summed E-state index contributed by atoms with van der Waals surface area (Å²) in [6.07, 6.45) is 5.21. The van der Waals surface area contributed by atoms with Crippen molar-refractivity contribution in [3.05, 3.63) is 18.2 Å². The molecular formula is C20H30N6O7S. The molecule has 7 N–H and O–H groups in total. The van der Waals surface area contributed by atoms with Crippen LogP contribution < -0.4 is 16.4 Å². The molecule has 1 aromatic rings. The molecule has 2 heterocycles. The molecule has 1 aliphatic rings. The number of aliphatic carboxylic acids is 2. The number of carboxylic acid groups (broad SMARTS) is 2. The van der Waals surface area contributed by atoms with Crippen molar-refractivity contribution >= 4 is 41.4 Å². The van der Waals surface area contributed by atoms with Crippen molar-refractivity contribution in [1.29, 1.82) is 0 Å². The Morgan fingerprint density at radius 2 is 2.00 bits per heavy atom. The highest BCUT2D eigenvalue weighted by molar-refractivity contribution is 7.98. The second-order valence-corrected chi connectivity index (χ2v) is 8.90. The van der Waals surface area contributed by atoms with Crippen LogP contribution in [0.1, 0.15) is 31.4 Å². The normalized spacial score (nSPS) is 18.1. The molecule has 188 valence electrons. The van der Waals surface area contributed by atoms with Gasteiger partial charge in [-0.1, -0.05) is 0 Å². The van der Waals surface area contributed by atoms with Crippen LogP contribution in [-0.4, -0.2) is 97.5 Å². The number of amides is 3. The molecule has 4 atom stereocenters. The SMILES string of the molecule is CSCCC(NC(=O)C1CCCN1C(=O)C(Cc1cnc[nH]1)NC(=O)C(N)CC(=O)O)C(=O)O. The molecule has 0 spiro atoms. The molecule has 2 rings (SSSR count). The van der Waals surface area contributed by atoms with Gasteiger partial charge in [0.1, 0.15) is 18.1 Å². The van der Waals surface area contributed by atoms with Gasteiger partial charge in [0.25, 0.3) is 0 Å². The maximum absolute atomic E-state index is 13.4. The van der Waals surface area contributed by atoms with Crippen LogP contribution in [0.2, 0.25) is 0 Å². The summed E-state index contributed by atoms with van der Waals surface area (Å²) in [5.41, 5.74) is 6.17. The maximum Gasteiger partial charge on any atom is 0.326 e. The van der Waals surface area contributed by atoms with Gasteiger partial charge in [0.2, 0.25) is 17.7 Å². The molecule has 1 aliphatic heterocycles.